The Morgan fingerprint density at radius 1 is 1.21 bits per heavy atom. The Balaban J connectivity index is 2.01. The first-order valence-electron chi connectivity index (χ1n) is 8.13. The van der Waals surface area contributed by atoms with E-state index >= 15 is 0 Å². The van der Waals surface area contributed by atoms with Crippen LogP contribution in [0.25, 0.3) is 5.69 Å². The third kappa shape index (κ3) is 3.41. The molecule has 0 saturated carbocycles. The van der Waals surface area contributed by atoms with Gasteiger partial charge in [-0.1, -0.05) is 37.6 Å². The first-order chi connectivity index (χ1) is 11.7. The van der Waals surface area contributed by atoms with Crippen molar-refractivity contribution < 1.29 is 0 Å². The van der Waals surface area contributed by atoms with Crippen LogP contribution in [0.5, 0.6) is 0 Å². The first kappa shape index (κ1) is 16.5. The summed E-state index contributed by atoms with van der Waals surface area (Å²) in [6.45, 7) is 4.65. The molecule has 0 bridgehead atoms. The Bertz CT molecular complexity index is 873. The monoisotopic (exact) mass is 339 g/mol. The first-order valence-corrected chi connectivity index (χ1v) is 9.01. The normalized spacial score (nSPS) is 11.8. The molecule has 1 N–H and O–H groups in total. The SMILES string of the molecule is CCCc1[nH]n(-c2ccccc2)c(=O)c1C(C)=NCc1cccs1. The molecule has 0 fully saturated rings. The molecule has 3 rings (SSSR count). The second kappa shape index (κ2) is 7.45. The number of aliphatic imine (C=N–C) groups is 1. The van der Waals surface area contributed by atoms with Crippen molar-refractivity contribution in [1.29, 1.82) is 0 Å². The van der Waals surface area contributed by atoms with Crippen LogP contribution < -0.4 is 5.56 Å². The van der Waals surface area contributed by atoms with Crippen molar-refractivity contribution in [3.63, 3.8) is 0 Å². The highest BCUT2D eigenvalue weighted by Gasteiger charge is 2.17. The summed E-state index contributed by atoms with van der Waals surface area (Å²) >= 11 is 1.68. The number of aromatic nitrogens is 2. The van der Waals surface area contributed by atoms with Crippen LogP contribution in [0, 0.1) is 0 Å². The van der Waals surface area contributed by atoms with Gasteiger partial charge in [-0.2, -0.15) is 0 Å². The van der Waals surface area contributed by atoms with Gasteiger partial charge >= 0.3 is 0 Å². The van der Waals surface area contributed by atoms with E-state index in [0.717, 1.165) is 29.9 Å². The number of nitrogens with one attached hydrogen (secondary N) is 1. The maximum absolute atomic E-state index is 12.9. The molecule has 0 aliphatic heterocycles. The second-order valence-corrected chi connectivity index (χ2v) is 6.70. The lowest BCUT2D eigenvalue weighted by molar-refractivity contribution is 0.793. The zero-order valence-electron chi connectivity index (χ0n) is 14.0. The zero-order chi connectivity index (χ0) is 16.9. The fourth-order valence-electron chi connectivity index (χ4n) is 2.72. The molecule has 24 heavy (non-hydrogen) atoms. The zero-order valence-corrected chi connectivity index (χ0v) is 14.8. The van der Waals surface area contributed by atoms with E-state index in [1.54, 1.807) is 16.0 Å². The van der Waals surface area contributed by atoms with Crippen LogP contribution in [0.15, 0.2) is 57.6 Å². The minimum Gasteiger partial charge on any atom is -0.294 e. The Labute approximate surface area is 145 Å². The number of thiophene rings is 1. The molecule has 0 atom stereocenters. The Hall–Kier alpha value is -2.40. The van der Waals surface area contributed by atoms with E-state index in [0.29, 0.717) is 12.1 Å². The largest absolute Gasteiger partial charge is 0.294 e. The van der Waals surface area contributed by atoms with Gasteiger partial charge in [0.15, 0.2) is 0 Å². The van der Waals surface area contributed by atoms with Crippen molar-refractivity contribution >= 4 is 17.0 Å². The fourth-order valence-corrected chi connectivity index (χ4v) is 3.35. The minimum absolute atomic E-state index is 0.0305. The smallest absolute Gasteiger partial charge is 0.280 e. The van der Waals surface area contributed by atoms with Gasteiger partial charge in [0.05, 0.1) is 17.8 Å². The summed E-state index contributed by atoms with van der Waals surface area (Å²) in [5.74, 6) is 0. The van der Waals surface area contributed by atoms with E-state index in [2.05, 4.69) is 23.1 Å². The van der Waals surface area contributed by atoms with Crippen molar-refractivity contribution in [2.45, 2.75) is 33.2 Å². The molecular formula is C19H21N3OS. The van der Waals surface area contributed by atoms with Gasteiger partial charge in [0.2, 0.25) is 0 Å². The van der Waals surface area contributed by atoms with E-state index in [9.17, 15) is 4.79 Å². The second-order valence-electron chi connectivity index (χ2n) is 5.67. The van der Waals surface area contributed by atoms with Crippen LogP contribution in [-0.2, 0) is 13.0 Å². The van der Waals surface area contributed by atoms with Crippen molar-refractivity contribution in [1.82, 2.24) is 9.78 Å². The van der Waals surface area contributed by atoms with Crippen LogP contribution in [-0.4, -0.2) is 15.5 Å². The molecule has 0 amide bonds. The van der Waals surface area contributed by atoms with E-state index in [1.165, 1.54) is 4.88 Å². The molecule has 1 aromatic carbocycles. The molecule has 0 aliphatic rings. The van der Waals surface area contributed by atoms with Crippen LogP contribution in [0.2, 0.25) is 0 Å². The fraction of sp³-hybridized carbons (Fsp3) is 0.263. The molecule has 4 nitrogen and oxygen atoms in total. The third-order valence-electron chi connectivity index (χ3n) is 3.89. The molecule has 3 aromatic rings. The summed E-state index contributed by atoms with van der Waals surface area (Å²) in [5, 5.41) is 5.31. The summed E-state index contributed by atoms with van der Waals surface area (Å²) in [6.07, 6.45) is 1.80. The van der Waals surface area contributed by atoms with Crippen LogP contribution in [0.4, 0.5) is 0 Å². The standard InChI is InChI=1S/C19H21N3OS/c1-3-8-17-18(14(2)20-13-16-11-7-12-24-16)19(23)22(21-17)15-9-5-4-6-10-15/h4-7,9-12,21H,3,8,13H2,1-2H3. The minimum atomic E-state index is -0.0305. The van der Waals surface area contributed by atoms with Gasteiger partial charge in [0, 0.05) is 16.3 Å². The number of hydrogen-bond acceptors (Lipinski definition) is 3. The quantitative estimate of drug-likeness (QED) is 0.673. The Morgan fingerprint density at radius 3 is 2.67 bits per heavy atom. The van der Waals surface area contributed by atoms with Crippen molar-refractivity contribution in [3.8, 4) is 5.69 Å². The molecule has 0 saturated heterocycles. The van der Waals surface area contributed by atoms with Crippen molar-refractivity contribution in [3.05, 3.63) is 74.3 Å². The lowest BCUT2D eigenvalue weighted by atomic mass is 10.1. The Kier molecular flexibility index (Phi) is 5.11. The van der Waals surface area contributed by atoms with Crippen molar-refractivity contribution in [2.75, 3.05) is 0 Å². The molecule has 124 valence electrons. The van der Waals surface area contributed by atoms with Crippen LogP contribution in [0.3, 0.4) is 0 Å². The highest BCUT2D eigenvalue weighted by atomic mass is 32.1. The molecule has 5 heteroatoms. The average molecular weight is 339 g/mol. The molecular weight excluding hydrogens is 318 g/mol. The molecule has 0 unspecified atom stereocenters. The van der Waals surface area contributed by atoms with E-state index in [1.807, 2.05) is 48.7 Å². The van der Waals surface area contributed by atoms with Crippen molar-refractivity contribution in [2.24, 2.45) is 4.99 Å². The lowest BCUT2D eigenvalue weighted by Crippen LogP contribution is -2.19. The summed E-state index contributed by atoms with van der Waals surface area (Å²) in [5.41, 5.74) is 3.27. The van der Waals surface area contributed by atoms with Gasteiger partial charge in [-0.15, -0.1) is 11.3 Å². The third-order valence-corrected chi connectivity index (χ3v) is 4.76. The average Bonchev–Trinajstić information content (AvgIpc) is 3.22. The molecule has 0 spiro atoms. The summed E-state index contributed by atoms with van der Waals surface area (Å²) in [4.78, 5) is 18.8. The number of benzene rings is 1. The van der Waals surface area contributed by atoms with Crippen LogP contribution in [0.1, 0.15) is 36.4 Å². The number of H-pyrrole nitrogens is 1. The van der Waals surface area contributed by atoms with Gasteiger partial charge in [-0.3, -0.25) is 14.9 Å². The van der Waals surface area contributed by atoms with Gasteiger partial charge in [-0.25, -0.2) is 4.68 Å². The summed E-state index contributed by atoms with van der Waals surface area (Å²) < 4.78 is 1.62. The molecule has 2 heterocycles. The van der Waals surface area contributed by atoms with Gasteiger partial charge in [0.1, 0.15) is 0 Å². The number of aryl methyl sites for hydroxylation is 1. The Morgan fingerprint density at radius 2 is 2.00 bits per heavy atom. The number of nitrogens with zero attached hydrogens (tertiary/aromatic N) is 2. The van der Waals surface area contributed by atoms with Crippen LogP contribution >= 0.6 is 11.3 Å². The predicted octanol–water partition coefficient (Wildman–Crippen LogP) is 4.19. The summed E-state index contributed by atoms with van der Waals surface area (Å²) in [7, 11) is 0. The highest BCUT2D eigenvalue weighted by molar-refractivity contribution is 7.09. The summed E-state index contributed by atoms with van der Waals surface area (Å²) in [6, 6.07) is 13.7. The van der Waals surface area contributed by atoms with E-state index in [4.69, 9.17) is 0 Å². The van der Waals surface area contributed by atoms with E-state index in [-0.39, 0.29) is 5.56 Å². The number of rotatable bonds is 6. The predicted molar refractivity (Wildman–Crippen MR) is 101 cm³/mol. The van der Waals surface area contributed by atoms with Gasteiger partial charge < -0.3 is 0 Å². The molecule has 0 aliphatic carbocycles. The molecule has 0 radical (unpaired) electrons. The lowest BCUT2D eigenvalue weighted by Gasteiger charge is -2.00. The topological polar surface area (TPSA) is 50.1 Å². The van der Waals surface area contributed by atoms with Gasteiger partial charge in [-0.05, 0) is 36.9 Å². The maximum Gasteiger partial charge on any atom is 0.280 e. The number of para-hydroxylation sites is 1. The van der Waals surface area contributed by atoms with E-state index < -0.39 is 0 Å². The van der Waals surface area contributed by atoms with Gasteiger partial charge in [0.25, 0.3) is 5.56 Å². The highest BCUT2D eigenvalue weighted by Crippen LogP contribution is 2.13. The molecule has 2 aromatic heterocycles. The number of aromatic amines is 1. The number of hydrogen-bond donors (Lipinski definition) is 1. The maximum atomic E-state index is 12.9.